The number of phenolic OH excluding ortho intramolecular Hbond substituents is 2. The van der Waals surface area contributed by atoms with Crippen LogP contribution in [0, 0.1) is 0 Å². The Hall–Kier alpha value is -1.85. The maximum absolute atomic E-state index is 8.78. The summed E-state index contributed by atoms with van der Waals surface area (Å²) in [5.41, 5.74) is 0. The van der Waals surface area contributed by atoms with Crippen LogP contribution in [-0.2, 0) is 0 Å². The average molecular weight is 282 g/mol. The molecule has 2 rings (SSSR count). The number of ether oxygens (including phenoxy) is 1. The third-order valence-corrected chi connectivity index (χ3v) is 1.88. The molecule has 0 aromatic heterocycles. The van der Waals surface area contributed by atoms with Gasteiger partial charge in [0.1, 0.15) is 17.2 Å². The van der Waals surface area contributed by atoms with Crippen molar-refractivity contribution in [2.24, 2.45) is 0 Å². The topological polar surface area (TPSA) is 69.9 Å². The van der Waals surface area contributed by atoms with Crippen molar-refractivity contribution < 1.29 is 20.1 Å². The molecule has 19 heavy (non-hydrogen) atoms. The van der Waals surface area contributed by atoms with Gasteiger partial charge in [-0.05, 0) is 31.2 Å². The van der Waals surface area contributed by atoms with Gasteiger partial charge in [-0.25, -0.2) is 0 Å². The van der Waals surface area contributed by atoms with Crippen LogP contribution in [0.25, 0.3) is 0 Å². The highest BCUT2D eigenvalue weighted by atomic mass is 32.1. The Kier molecular flexibility index (Phi) is 8.24. The molecule has 0 saturated carbocycles. The number of hydrogen-bond donors (Lipinski definition) is 3. The van der Waals surface area contributed by atoms with Gasteiger partial charge in [-0.2, -0.15) is 13.5 Å². The first-order valence-corrected chi connectivity index (χ1v) is 5.45. The first kappa shape index (κ1) is 17.2. The summed E-state index contributed by atoms with van der Waals surface area (Å²) in [6, 6.07) is 15.1. The van der Waals surface area contributed by atoms with Crippen molar-refractivity contribution in [1.29, 1.82) is 0 Å². The van der Waals surface area contributed by atoms with Crippen LogP contribution in [0.4, 0.5) is 0 Å². The van der Waals surface area contributed by atoms with E-state index in [0.29, 0.717) is 5.75 Å². The predicted octanol–water partition coefficient (Wildman–Crippen LogP) is 2.61. The van der Waals surface area contributed by atoms with Gasteiger partial charge in [-0.1, -0.05) is 24.3 Å². The number of rotatable bonds is 2. The van der Waals surface area contributed by atoms with Crippen LogP contribution in [0.3, 0.4) is 0 Å². The van der Waals surface area contributed by atoms with E-state index >= 15 is 0 Å². The summed E-state index contributed by atoms with van der Waals surface area (Å²) in [5, 5.41) is 26.1. The molecule has 0 amide bonds. The average Bonchev–Trinajstić information content (AvgIpc) is 2.30. The van der Waals surface area contributed by atoms with Gasteiger partial charge in [-0.15, -0.1) is 0 Å². The first-order valence-electron chi connectivity index (χ1n) is 5.45. The van der Waals surface area contributed by atoms with Crippen molar-refractivity contribution in [2.45, 2.75) is 13.2 Å². The molecule has 4 nitrogen and oxygen atoms in total. The monoisotopic (exact) mass is 282 g/mol. The molecule has 2 aromatic rings. The fraction of sp³-hybridized carbons (Fsp3) is 0.143. The summed E-state index contributed by atoms with van der Waals surface area (Å²) in [5.74, 6) is 0.868. The summed E-state index contributed by atoms with van der Waals surface area (Å²) >= 11 is 0. The van der Waals surface area contributed by atoms with E-state index in [1.165, 1.54) is 18.2 Å². The minimum Gasteiger partial charge on any atom is -0.508 e. The van der Waals surface area contributed by atoms with Crippen LogP contribution in [0.15, 0.2) is 54.6 Å². The summed E-state index contributed by atoms with van der Waals surface area (Å²) < 4.78 is 4.97. The third-order valence-electron chi connectivity index (χ3n) is 1.88. The molecule has 0 aliphatic heterocycles. The van der Waals surface area contributed by atoms with Crippen molar-refractivity contribution in [3.05, 3.63) is 54.6 Å². The highest BCUT2D eigenvalue weighted by Crippen LogP contribution is 2.14. The molecule has 0 aliphatic rings. The molecule has 0 aliphatic carbocycles. The Bertz CT molecular complexity index is 443. The van der Waals surface area contributed by atoms with Gasteiger partial charge in [0.15, 0.2) is 6.29 Å². The summed E-state index contributed by atoms with van der Waals surface area (Å²) in [4.78, 5) is 0. The number of benzene rings is 2. The van der Waals surface area contributed by atoms with Crippen LogP contribution in [0.5, 0.6) is 17.2 Å². The molecule has 0 radical (unpaired) electrons. The zero-order chi connectivity index (χ0) is 13.4. The second kappa shape index (κ2) is 9.13. The molecule has 5 heteroatoms. The molecule has 0 spiro atoms. The van der Waals surface area contributed by atoms with Gasteiger partial charge in [0.05, 0.1) is 0 Å². The van der Waals surface area contributed by atoms with E-state index in [1.54, 1.807) is 25.1 Å². The van der Waals surface area contributed by atoms with Crippen LogP contribution in [0.2, 0.25) is 0 Å². The maximum Gasteiger partial charge on any atom is 0.194 e. The molecule has 0 heterocycles. The van der Waals surface area contributed by atoms with Crippen molar-refractivity contribution >= 4 is 13.5 Å². The van der Waals surface area contributed by atoms with Crippen LogP contribution in [0.1, 0.15) is 6.92 Å². The summed E-state index contributed by atoms with van der Waals surface area (Å²) in [6.45, 7) is 1.58. The zero-order valence-corrected chi connectivity index (χ0v) is 11.5. The van der Waals surface area contributed by atoms with E-state index in [4.69, 9.17) is 20.1 Å². The standard InChI is InChI=1S/C8H10O2.C6H6O2.H2S/c1-7(9)10-8-5-3-2-4-6-8;7-5-2-1-3-6(8)4-5;/h2-7,9H,1H3;1-4,7-8H;1H2. The molecular weight excluding hydrogens is 264 g/mol. The summed E-state index contributed by atoms with van der Waals surface area (Å²) in [6.07, 6.45) is -0.734. The SMILES string of the molecule is CC(O)Oc1ccccc1.Oc1cccc(O)c1.S. The van der Waals surface area contributed by atoms with Crippen molar-refractivity contribution in [3.8, 4) is 17.2 Å². The lowest BCUT2D eigenvalue weighted by Crippen LogP contribution is -2.08. The Morgan fingerprint density at radius 3 is 1.79 bits per heavy atom. The molecule has 104 valence electrons. The number of hydrogen-bond acceptors (Lipinski definition) is 4. The van der Waals surface area contributed by atoms with Crippen LogP contribution < -0.4 is 4.74 Å². The van der Waals surface area contributed by atoms with Gasteiger partial charge in [0.2, 0.25) is 0 Å². The molecule has 0 fully saturated rings. The Morgan fingerprint density at radius 1 is 0.895 bits per heavy atom. The molecule has 0 bridgehead atoms. The number of para-hydroxylation sites is 1. The van der Waals surface area contributed by atoms with Gasteiger partial charge in [-0.3, -0.25) is 0 Å². The smallest absolute Gasteiger partial charge is 0.194 e. The lowest BCUT2D eigenvalue weighted by atomic mass is 10.3. The highest BCUT2D eigenvalue weighted by molar-refractivity contribution is 7.59. The van der Waals surface area contributed by atoms with Crippen LogP contribution >= 0.6 is 13.5 Å². The second-order valence-electron chi connectivity index (χ2n) is 3.55. The van der Waals surface area contributed by atoms with E-state index < -0.39 is 6.29 Å². The summed E-state index contributed by atoms with van der Waals surface area (Å²) in [7, 11) is 0. The van der Waals surface area contributed by atoms with Gasteiger partial charge in [0, 0.05) is 6.07 Å². The zero-order valence-electron chi connectivity index (χ0n) is 10.5. The predicted molar refractivity (Wildman–Crippen MR) is 78.9 cm³/mol. The highest BCUT2D eigenvalue weighted by Gasteiger charge is 1.94. The molecule has 1 unspecified atom stereocenters. The molecule has 3 N–H and O–H groups in total. The van der Waals surface area contributed by atoms with Gasteiger partial charge < -0.3 is 20.1 Å². The third kappa shape index (κ3) is 7.96. The van der Waals surface area contributed by atoms with Gasteiger partial charge >= 0.3 is 0 Å². The van der Waals surface area contributed by atoms with Gasteiger partial charge in [0.25, 0.3) is 0 Å². The lowest BCUT2D eigenvalue weighted by Gasteiger charge is -2.06. The number of aromatic hydroxyl groups is 2. The van der Waals surface area contributed by atoms with Crippen molar-refractivity contribution in [3.63, 3.8) is 0 Å². The van der Waals surface area contributed by atoms with E-state index in [0.717, 1.165) is 0 Å². The Morgan fingerprint density at radius 2 is 1.42 bits per heavy atom. The molecule has 1 atom stereocenters. The van der Waals surface area contributed by atoms with E-state index in [1.807, 2.05) is 18.2 Å². The normalized spacial score (nSPS) is 10.4. The van der Waals surface area contributed by atoms with E-state index in [9.17, 15) is 0 Å². The minimum atomic E-state index is -0.734. The second-order valence-corrected chi connectivity index (χ2v) is 3.55. The minimum absolute atomic E-state index is 0. The molecule has 0 saturated heterocycles. The van der Waals surface area contributed by atoms with Crippen molar-refractivity contribution in [1.82, 2.24) is 0 Å². The largest absolute Gasteiger partial charge is 0.508 e. The Balaban J connectivity index is 0.000000331. The number of aliphatic hydroxyl groups is 1. The lowest BCUT2D eigenvalue weighted by molar-refractivity contribution is -0.000288. The number of phenols is 2. The fourth-order valence-corrected chi connectivity index (χ4v) is 1.19. The van der Waals surface area contributed by atoms with Crippen molar-refractivity contribution in [2.75, 3.05) is 0 Å². The fourth-order valence-electron chi connectivity index (χ4n) is 1.19. The quantitative estimate of drug-likeness (QED) is 0.741. The maximum atomic E-state index is 8.78. The molecule has 2 aromatic carbocycles. The number of aliphatic hydroxyl groups excluding tert-OH is 1. The van der Waals surface area contributed by atoms with E-state index in [2.05, 4.69) is 0 Å². The van der Waals surface area contributed by atoms with E-state index in [-0.39, 0.29) is 25.0 Å². The van der Waals surface area contributed by atoms with Crippen LogP contribution in [-0.4, -0.2) is 21.6 Å². The molecular formula is C14H18O4S. The first-order chi connectivity index (χ1) is 8.58. The Labute approximate surface area is 119 Å².